The largest absolute Gasteiger partial charge is 0.484 e. The minimum Gasteiger partial charge on any atom is -0.484 e. The van der Waals surface area contributed by atoms with Crippen LogP contribution in [-0.2, 0) is 9.59 Å². The van der Waals surface area contributed by atoms with E-state index in [-0.39, 0.29) is 24.3 Å². The maximum Gasteiger partial charge on any atom is 0.261 e. The van der Waals surface area contributed by atoms with Gasteiger partial charge in [-0.1, -0.05) is 47.5 Å². The van der Waals surface area contributed by atoms with Crippen molar-refractivity contribution in [1.29, 1.82) is 0 Å². The van der Waals surface area contributed by atoms with Crippen molar-refractivity contribution >= 4 is 29.1 Å². The van der Waals surface area contributed by atoms with Crippen LogP contribution in [0.15, 0.2) is 59.7 Å². The molecule has 1 aliphatic rings. The van der Waals surface area contributed by atoms with Gasteiger partial charge < -0.3 is 4.74 Å². The van der Waals surface area contributed by atoms with Gasteiger partial charge in [-0.05, 0) is 38.5 Å². The highest BCUT2D eigenvalue weighted by atomic mass is 35.5. The molecule has 0 N–H and O–H groups in total. The third-order valence-corrected chi connectivity index (χ3v) is 4.70. The quantitative estimate of drug-likeness (QED) is 0.557. The van der Waals surface area contributed by atoms with E-state index in [1.807, 2.05) is 51.1 Å². The molecule has 0 bridgehead atoms. The van der Waals surface area contributed by atoms with E-state index in [1.54, 1.807) is 18.2 Å². The number of allylic oxidation sites excluding steroid dienone is 1. The van der Waals surface area contributed by atoms with Crippen LogP contribution < -0.4 is 9.64 Å². The normalized spacial score (nSPS) is 15.4. The van der Waals surface area contributed by atoms with Crippen molar-refractivity contribution in [2.45, 2.75) is 33.3 Å². The zero-order valence-electron chi connectivity index (χ0n) is 15.0. The van der Waals surface area contributed by atoms with Crippen LogP contribution in [0.25, 0.3) is 0 Å². The first-order chi connectivity index (χ1) is 12.4. The fourth-order valence-electron chi connectivity index (χ4n) is 2.91. The van der Waals surface area contributed by atoms with Crippen molar-refractivity contribution < 1.29 is 14.3 Å². The zero-order chi connectivity index (χ0) is 18.8. The number of amides is 2. The summed E-state index contributed by atoms with van der Waals surface area (Å²) in [4.78, 5) is 26.1. The molecule has 1 aliphatic heterocycles. The molecule has 0 spiro atoms. The Morgan fingerprint density at radius 3 is 2.42 bits per heavy atom. The lowest BCUT2D eigenvalue weighted by molar-refractivity contribution is -0.120. The molecule has 1 saturated heterocycles. The Bertz CT molecular complexity index is 885. The number of carbonyl (C=O) groups is 2. The van der Waals surface area contributed by atoms with Gasteiger partial charge in [0, 0.05) is 11.6 Å². The summed E-state index contributed by atoms with van der Waals surface area (Å²) in [6.45, 7) is 5.59. The molecule has 1 fully saturated rings. The van der Waals surface area contributed by atoms with Gasteiger partial charge in [0.05, 0.1) is 17.1 Å². The average Bonchev–Trinajstić information content (AvgIpc) is 2.92. The summed E-state index contributed by atoms with van der Waals surface area (Å²) >= 11 is 6.26. The Balaban J connectivity index is 1.90. The number of nitrogens with zero attached hydrogens (tertiary/aromatic N) is 1. The Labute approximate surface area is 158 Å². The number of rotatable bonds is 4. The van der Waals surface area contributed by atoms with Crippen LogP contribution in [0.4, 0.5) is 5.69 Å². The van der Waals surface area contributed by atoms with Crippen molar-refractivity contribution in [3.05, 3.63) is 70.3 Å². The molecule has 0 aromatic heterocycles. The summed E-state index contributed by atoms with van der Waals surface area (Å²) in [5.74, 6) is -0.0817. The lowest BCUT2D eigenvalue weighted by Crippen LogP contribution is -2.29. The van der Waals surface area contributed by atoms with E-state index in [2.05, 4.69) is 0 Å². The van der Waals surface area contributed by atoms with Crippen molar-refractivity contribution in [3.63, 3.8) is 0 Å². The second-order valence-corrected chi connectivity index (χ2v) is 6.88. The fourth-order valence-corrected chi connectivity index (χ4v) is 3.07. The van der Waals surface area contributed by atoms with Crippen molar-refractivity contribution in [1.82, 2.24) is 0 Å². The molecule has 0 aliphatic carbocycles. The summed E-state index contributed by atoms with van der Waals surface area (Å²) in [5, 5.41) is 0.429. The van der Waals surface area contributed by atoms with Crippen LogP contribution in [0.2, 0.25) is 5.02 Å². The molecule has 2 aromatic rings. The lowest BCUT2D eigenvalue weighted by atomic mass is 10.1. The van der Waals surface area contributed by atoms with E-state index in [0.29, 0.717) is 22.0 Å². The Kier molecular flexibility index (Phi) is 5.14. The minimum absolute atomic E-state index is 0.125. The van der Waals surface area contributed by atoms with E-state index < -0.39 is 0 Å². The molecule has 5 heteroatoms. The van der Waals surface area contributed by atoms with Crippen LogP contribution >= 0.6 is 11.6 Å². The third-order valence-electron chi connectivity index (χ3n) is 4.39. The van der Waals surface area contributed by atoms with Crippen LogP contribution in [-0.4, -0.2) is 11.8 Å². The molecule has 134 valence electrons. The molecule has 2 aromatic carbocycles. The summed E-state index contributed by atoms with van der Waals surface area (Å²) in [6.07, 6.45) is -0.0947. The molecule has 1 heterocycles. The van der Waals surface area contributed by atoms with Gasteiger partial charge in [-0.15, -0.1) is 0 Å². The van der Waals surface area contributed by atoms with Gasteiger partial charge in [-0.2, -0.15) is 0 Å². The van der Waals surface area contributed by atoms with Gasteiger partial charge in [0.15, 0.2) is 0 Å². The highest BCUT2D eigenvalue weighted by Crippen LogP contribution is 2.35. The highest BCUT2D eigenvalue weighted by molar-refractivity contribution is 6.32. The van der Waals surface area contributed by atoms with E-state index >= 15 is 0 Å². The predicted molar refractivity (Wildman–Crippen MR) is 102 cm³/mol. The number of anilines is 1. The van der Waals surface area contributed by atoms with Crippen LogP contribution in [0, 0.1) is 0 Å². The molecule has 0 saturated carbocycles. The van der Waals surface area contributed by atoms with Crippen molar-refractivity contribution in [3.8, 4) is 5.75 Å². The highest BCUT2D eigenvalue weighted by Gasteiger charge is 2.35. The minimum atomic E-state index is -0.278. The number of benzene rings is 2. The van der Waals surface area contributed by atoms with Crippen LogP contribution in [0.1, 0.15) is 38.9 Å². The molecule has 4 nitrogen and oxygen atoms in total. The molecular weight excluding hydrogens is 350 g/mol. The first-order valence-corrected chi connectivity index (χ1v) is 8.81. The summed E-state index contributed by atoms with van der Waals surface area (Å²) in [7, 11) is 0. The molecule has 0 radical (unpaired) electrons. The predicted octanol–water partition coefficient (Wildman–Crippen LogP) is 5.08. The summed E-state index contributed by atoms with van der Waals surface area (Å²) in [6, 6.07) is 14.7. The van der Waals surface area contributed by atoms with Crippen LogP contribution in [0.5, 0.6) is 5.75 Å². The van der Waals surface area contributed by atoms with Gasteiger partial charge in [0.25, 0.3) is 5.91 Å². The molecular formula is C21H20ClNO3. The van der Waals surface area contributed by atoms with E-state index in [0.717, 1.165) is 11.1 Å². The summed E-state index contributed by atoms with van der Waals surface area (Å²) < 4.78 is 5.98. The standard InChI is InChI=1S/C21H20ClNO3/c1-13(2)17-12-20(24)23(21(17)25)16-9-10-18(22)19(11-16)26-14(3)15-7-5-4-6-8-15/h4-11,14H,12H2,1-3H3. The number of carbonyl (C=O) groups excluding carboxylic acids is 2. The second-order valence-electron chi connectivity index (χ2n) is 6.48. The molecule has 3 rings (SSSR count). The maximum absolute atomic E-state index is 12.6. The second kappa shape index (κ2) is 7.34. The summed E-state index contributed by atoms with van der Waals surface area (Å²) in [5.41, 5.74) is 2.88. The van der Waals surface area contributed by atoms with E-state index in [9.17, 15) is 9.59 Å². The third kappa shape index (κ3) is 3.51. The molecule has 1 unspecified atom stereocenters. The Hall–Kier alpha value is -2.59. The zero-order valence-corrected chi connectivity index (χ0v) is 15.7. The van der Waals surface area contributed by atoms with Gasteiger partial charge in [-0.3, -0.25) is 9.59 Å². The molecule has 1 atom stereocenters. The van der Waals surface area contributed by atoms with Crippen molar-refractivity contribution in [2.24, 2.45) is 0 Å². The van der Waals surface area contributed by atoms with Gasteiger partial charge >= 0.3 is 0 Å². The Morgan fingerprint density at radius 1 is 1.12 bits per heavy atom. The fraction of sp³-hybridized carbons (Fsp3) is 0.238. The number of hydrogen-bond acceptors (Lipinski definition) is 3. The smallest absolute Gasteiger partial charge is 0.261 e. The van der Waals surface area contributed by atoms with Gasteiger partial charge in [0.1, 0.15) is 11.9 Å². The first-order valence-electron chi connectivity index (χ1n) is 8.43. The number of imide groups is 1. The van der Waals surface area contributed by atoms with E-state index in [1.165, 1.54) is 4.90 Å². The topological polar surface area (TPSA) is 46.6 Å². The lowest BCUT2D eigenvalue weighted by Gasteiger charge is -2.19. The van der Waals surface area contributed by atoms with Crippen LogP contribution in [0.3, 0.4) is 0 Å². The average molecular weight is 370 g/mol. The monoisotopic (exact) mass is 369 g/mol. The Morgan fingerprint density at radius 2 is 1.81 bits per heavy atom. The van der Waals surface area contributed by atoms with Gasteiger partial charge in [0.2, 0.25) is 5.91 Å². The number of ether oxygens (including phenoxy) is 1. The van der Waals surface area contributed by atoms with Crippen molar-refractivity contribution in [2.75, 3.05) is 4.90 Å². The number of halogens is 1. The maximum atomic E-state index is 12.6. The number of hydrogen-bond donors (Lipinski definition) is 0. The van der Waals surface area contributed by atoms with Gasteiger partial charge in [-0.25, -0.2) is 4.90 Å². The molecule has 2 amide bonds. The first kappa shape index (κ1) is 18.2. The SMILES string of the molecule is CC(C)=C1CC(=O)N(c2ccc(Cl)c(OC(C)c3ccccc3)c2)C1=O. The van der Waals surface area contributed by atoms with E-state index in [4.69, 9.17) is 16.3 Å². The molecule has 26 heavy (non-hydrogen) atoms.